The predicted octanol–water partition coefficient (Wildman–Crippen LogP) is 4.52. The van der Waals surface area contributed by atoms with E-state index in [0.29, 0.717) is 0 Å². The molecule has 144 valence electrons. The van der Waals surface area contributed by atoms with Gasteiger partial charge in [-0.3, -0.25) is 0 Å². The molecular weight excluding hydrogens is 344 g/mol. The lowest BCUT2D eigenvalue weighted by molar-refractivity contribution is 0.701. The molecule has 0 saturated carbocycles. The molecule has 0 bridgehead atoms. The molecule has 0 aliphatic carbocycles. The Balaban J connectivity index is 0.000000405. The van der Waals surface area contributed by atoms with Crippen LogP contribution in [0.5, 0.6) is 0 Å². The third-order valence-electron chi connectivity index (χ3n) is 4.11. The van der Waals surface area contributed by atoms with E-state index in [1.807, 2.05) is 12.1 Å². The van der Waals surface area contributed by atoms with E-state index < -0.39 is 0 Å². The fourth-order valence-electron chi connectivity index (χ4n) is 2.46. The summed E-state index contributed by atoms with van der Waals surface area (Å²) in [5, 5.41) is 3.08. The van der Waals surface area contributed by atoms with Crippen LogP contribution >= 0.6 is 0 Å². The summed E-state index contributed by atoms with van der Waals surface area (Å²) in [6.45, 7) is 8.05. The van der Waals surface area contributed by atoms with Gasteiger partial charge in [0.25, 0.3) is 0 Å². The highest BCUT2D eigenvalue weighted by molar-refractivity contribution is 6.53. The largest absolute Gasteiger partial charge is 0.103 e. The van der Waals surface area contributed by atoms with Crippen molar-refractivity contribution in [3.05, 3.63) is 73.3 Å². The zero-order valence-electron chi connectivity index (χ0n) is 17.4. The first-order chi connectivity index (χ1) is 12.7. The zero-order chi connectivity index (χ0) is 19.3. The maximum atomic E-state index is 3.60. The Morgan fingerprint density at radius 3 is 1.81 bits per heavy atom. The summed E-state index contributed by atoms with van der Waals surface area (Å²) in [5.74, 6) is 0. The highest BCUT2D eigenvalue weighted by Crippen LogP contribution is 2.01. The fraction of sp³-hybridized carbons (Fsp3) is 0.417. The van der Waals surface area contributed by atoms with Crippen LogP contribution in [0.15, 0.2) is 73.3 Å². The summed E-state index contributed by atoms with van der Waals surface area (Å²) in [5.41, 5.74) is 0. The number of unbranched alkanes of at least 4 members (excludes halogenated alkanes) is 5. The second kappa shape index (κ2) is 19.9. The van der Waals surface area contributed by atoms with Crippen LogP contribution in [0.25, 0.3) is 0 Å². The molecule has 2 heteroatoms. The predicted molar refractivity (Wildman–Crippen MR) is 129 cm³/mol. The van der Waals surface area contributed by atoms with Gasteiger partial charge in [0, 0.05) is 10.2 Å². The highest BCUT2D eigenvalue weighted by Gasteiger charge is 1.92. The standard InChI is InChI=1S/C12H20Si.C6H8Si.C6H12/c1-2-3-4-8-11-13-12-9-6-5-7-10-12;7-6-4-2-1-3-5-6;1-3-5-6-4-2/h5-7,9-10H,2-4,8,11,13H2,1H3;1-5H,7H3;3H,1,4-6H2,2H3. The van der Waals surface area contributed by atoms with Crippen LogP contribution < -0.4 is 10.4 Å². The van der Waals surface area contributed by atoms with E-state index in [-0.39, 0.29) is 9.52 Å². The van der Waals surface area contributed by atoms with Gasteiger partial charge < -0.3 is 0 Å². The van der Waals surface area contributed by atoms with Crippen molar-refractivity contribution in [2.45, 2.75) is 64.8 Å². The van der Waals surface area contributed by atoms with Crippen LogP contribution in [0.2, 0.25) is 6.04 Å². The van der Waals surface area contributed by atoms with Gasteiger partial charge in [0.1, 0.15) is 0 Å². The summed E-state index contributed by atoms with van der Waals surface area (Å²) in [7, 11) is 1.23. The highest BCUT2D eigenvalue weighted by atomic mass is 28.2. The smallest absolute Gasteiger partial charge is 0.0547 e. The molecule has 26 heavy (non-hydrogen) atoms. The molecule has 0 aliphatic heterocycles. The van der Waals surface area contributed by atoms with Crippen molar-refractivity contribution in [3.8, 4) is 0 Å². The molecule has 0 nitrogen and oxygen atoms in total. The fourth-order valence-corrected chi connectivity index (χ4v) is 4.46. The molecule has 2 aromatic rings. The minimum atomic E-state index is 0.0606. The quantitative estimate of drug-likeness (QED) is 0.339. The third-order valence-corrected chi connectivity index (χ3v) is 6.68. The first-order valence-corrected chi connectivity index (χ1v) is 13.1. The van der Waals surface area contributed by atoms with E-state index in [1.165, 1.54) is 66.4 Å². The molecule has 0 aliphatic rings. The molecule has 0 N–H and O–H groups in total. The summed E-state index contributed by atoms with van der Waals surface area (Å²) in [6, 6.07) is 23.0. The van der Waals surface area contributed by atoms with Gasteiger partial charge in [0.15, 0.2) is 0 Å². The Hall–Kier alpha value is -1.39. The number of allylic oxidation sites excluding steroid dienone is 1. The van der Waals surface area contributed by atoms with E-state index in [1.54, 1.807) is 5.19 Å². The number of hydrogen-bond donors (Lipinski definition) is 0. The zero-order valence-corrected chi connectivity index (χ0v) is 20.8. The maximum Gasteiger partial charge on any atom is 0.0547 e. The van der Waals surface area contributed by atoms with Gasteiger partial charge in [-0.2, -0.15) is 0 Å². The molecule has 0 radical (unpaired) electrons. The third kappa shape index (κ3) is 17.4. The van der Waals surface area contributed by atoms with Crippen molar-refractivity contribution in [3.63, 3.8) is 0 Å². The van der Waals surface area contributed by atoms with Gasteiger partial charge in [-0.15, -0.1) is 6.58 Å². The van der Waals surface area contributed by atoms with E-state index in [0.717, 1.165) is 0 Å². The molecule has 0 atom stereocenters. The van der Waals surface area contributed by atoms with Crippen molar-refractivity contribution in [2.75, 3.05) is 0 Å². The van der Waals surface area contributed by atoms with Crippen molar-refractivity contribution in [1.82, 2.24) is 0 Å². The topological polar surface area (TPSA) is 0 Å². The lowest BCUT2D eigenvalue weighted by Gasteiger charge is -1.99. The van der Waals surface area contributed by atoms with Crippen LogP contribution in [0, 0.1) is 0 Å². The normalized spacial score (nSPS) is 9.92. The molecule has 0 aromatic heterocycles. The Morgan fingerprint density at radius 2 is 1.38 bits per heavy atom. The van der Waals surface area contributed by atoms with Crippen LogP contribution in [-0.4, -0.2) is 19.8 Å². The summed E-state index contributed by atoms with van der Waals surface area (Å²) < 4.78 is 0. The Kier molecular flexibility index (Phi) is 18.9. The number of benzene rings is 2. The van der Waals surface area contributed by atoms with E-state index in [9.17, 15) is 0 Å². The van der Waals surface area contributed by atoms with E-state index in [4.69, 9.17) is 0 Å². The Morgan fingerprint density at radius 1 is 0.808 bits per heavy atom. The second-order valence-electron chi connectivity index (χ2n) is 6.74. The van der Waals surface area contributed by atoms with Gasteiger partial charge in [-0.25, -0.2) is 0 Å². The van der Waals surface area contributed by atoms with Crippen LogP contribution in [0.4, 0.5) is 0 Å². The van der Waals surface area contributed by atoms with E-state index >= 15 is 0 Å². The molecule has 2 rings (SSSR count). The van der Waals surface area contributed by atoms with Crippen LogP contribution in [0.3, 0.4) is 0 Å². The van der Waals surface area contributed by atoms with Crippen molar-refractivity contribution < 1.29 is 0 Å². The summed E-state index contributed by atoms with van der Waals surface area (Å²) in [4.78, 5) is 0. The minimum absolute atomic E-state index is 0.0606. The summed E-state index contributed by atoms with van der Waals surface area (Å²) >= 11 is 0. The van der Waals surface area contributed by atoms with Gasteiger partial charge >= 0.3 is 0 Å². The number of rotatable bonds is 9. The molecule has 0 unspecified atom stereocenters. The van der Waals surface area contributed by atoms with Crippen molar-refractivity contribution in [1.29, 1.82) is 0 Å². The molecule has 0 saturated heterocycles. The summed E-state index contributed by atoms with van der Waals surface area (Å²) in [6.07, 6.45) is 11.4. The monoisotopic (exact) mass is 384 g/mol. The first-order valence-electron chi connectivity index (χ1n) is 10.4. The molecule has 2 aromatic carbocycles. The minimum Gasteiger partial charge on any atom is -0.103 e. The van der Waals surface area contributed by atoms with Crippen molar-refractivity contribution >= 4 is 30.1 Å². The first kappa shape index (κ1) is 24.6. The van der Waals surface area contributed by atoms with Gasteiger partial charge in [-0.05, 0) is 6.42 Å². The molecule has 0 spiro atoms. The lowest BCUT2D eigenvalue weighted by atomic mass is 10.2. The maximum absolute atomic E-state index is 3.60. The SMILES string of the molecule is C=CCCCC.CCCCCC[SiH2]c1ccccc1.[SiH3]c1ccccc1. The Labute approximate surface area is 168 Å². The van der Waals surface area contributed by atoms with Gasteiger partial charge in [-0.1, -0.05) is 136 Å². The van der Waals surface area contributed by atoms with Crippen molar-refractivity contribution in [2.24, 2.45) is 0 Å². The number of hydrogen-bond acceptors (Lipinski definition) is 0. The second-order valence-corrected chi connectivity index (χ2v) is 9.91. The van der Waals surface area contributed by atoms with Gasteiger partial charge in [0.05, 0.1) is 9.52 Å². The lowest BCUT2D eigenvalue weighted by Crippen LogP contribution is -2.12. The molecular formula is C24H40Si2. The molecule has 0 heterocycles. The van der Waals surface area contributed by atoms with Gasteiger partial charge in [0.2, 0.25) is 0 Å². The molecule has 0 amide bonds. The average molecular weight is 385 g/mol. The molecule has 0 fully saturated rings. The van der Waals surface area contributed by atoms with Crippen LogP contribution in [-0.2, 0) is 0 Å². The average Bonchev–Trinajstić information content (AvgIpc) is 2.69. The van der Waals surface area contributed by atoms with Crippen LogP contribution in [0.1, 0.15) is 58.8 Å². The van der Waals surface area contributed by atoms with E-state index in [2.05, 4.69) is 75.0 Å². The Bertz CT molecular complexity index is 508.